The van der Waals surface area contributed by atoms with E-state index in [2.05, 4.69) is 11.4 Å². The Kier molecular flexibility index (Phi) is 10.3. The topological polar surface area (TPSA) is 133 Å². The first-order valence-electron chi connectivity index (χ1n) is 15.0. The van der Waals surface area contributed by atoms with Crippen LogP contribution in [0, 0.1) is 25.2 Å². The number of ether oxygens (including phenoxy) is 4. The van der Waals surface area contributed by atoms with Crippen LogP contribution in [-0.4, -0.2) is 53.9 Å². The van der Waals surface area contributed by atoms with Crippen LogP contribution in [0.15, 0.2) is 72.8 Å². The maximum absolute atomic E-state index is 16.0. The van der Waals surface area contributed by atoms with E-state index in [0.29, 0.717) is 63.7 Å². The van der Waals surface area contributed by atoms with E-state index in [-0.39, 0.29) is 30.2 Å². The molecule has 0 fully saturated rings. The molecule has 1 aliphatic heterocycles. The number of nitrogens with zero attached hydrogens (tertiary/aromatic N) is 1. The molecule has 0 saturated carbocycles. The van der Waals surface area contributed by atoms with E-state index in [1.54, 1.807) is 68.4 Å². The molecule has 0 saturated heterocycles. The highest BCUT2D eigenvalue weighted by Crippen LogP contribution is 2.41. The van der Waals surface area contributed by atoms with Gasteiger partial charge in [-0.1, -0.05) is 30.3 Å². The molecule has 5 rings (SSSR count). The number of aliphatic hydroxyl groups excluding tert-OH is 3. The molecule has 246 valence electrons. The van der Waals surface area contributed by atoms with Gasteiger partial charge in [0.15, 0.2) is 11.5 Å². The summed E-state index contributed by atoms with van der Waals surface area (Å²) in [4.78, 5) is 0. The monoisotopic (exact) mass is 646 g/mol. The van der Waals surface area contributed by atoms with Crippen molar-refractivity contribution in [2.45, 2.75) is 38.6 Å². The zero-order valence-corrected chi connectivity index (χ0v) is 26.1. The van der Waals surface area contributed by atoms with E-state index in [4.69, 9.17) is 18.9 Å². The average molecular weight is 647 g/mol. The first kappa shape index (κ1) is 33.6. The van der Waals surface area contributed by atoms with Crippen molar-refractivity contribution in [2.75, 3.05) is 33.0 Å². The zero-order chi connectivity index (χ0) is 33.6. The van der Waals surface area contributed by atoms with Crippen LogP contribution in [0.3, 0.4) is 0 Å². The molecule has 11 heteroatoms. The Morgan fingerprint density at radius 3 is 2.34 bits per heavy atom. The van der Waals surface area contributed by atoms with Gasteiger partial charge in [-0.15, -0.1) is 0 Å². The summed E-state index contributed by atoms with van der Waals surface area (Å²) in [6.45, 7) is 2.54. The average Bonchev–Trinajstić information content (AvgIpc) is 3.08. The molecule has 0 radical (unpaired) electrons. The zero-order valence-electron chi connectivity index (χ0n) is 26.1. The lowest BCUT2D eigenvalue weighted by Crippen LogP contribution is -2.54. The highest BCUT2D eigenvalue weighted by atomic mass is 19.3. The van der Waals surface area contributed by atoms with Gasteiger partial charge in [-0.3, -0.25) is 0 Å². The van der Waals surface area contributed by atoms with Crippen LogP contribution < -0.4 is 24.3 Å². The Bertz CT molecular complexity index is 1760. The number of hydrogen-bond donors (Lipinski definition) is 4. The minimum absolute atomic E-state index is 0.0175. The minimum atomic E-state index is -3.74. The number of aliphatic hydroxyl groups is 3. The van der Waals surface area contributed by atoms with Crippen LogP contribution in [0.5, 0.6) is 23.0 Å². The van der Waals surface area contributed by atoms with E-state index >= 15 is 8.78 Å². The number of nitrogens with one attached hydrogen (secondary N) is 1. The van der Waals surface area contributed by atoms with Crippen molar-refractivity contribution < 1.29 is 43.0 Å². The number of nitriles is 1. The molecule has 4 N–H and O–H groups in total. The SMILES string of the molecule is Cc1cc(OC(F)(F)c2cccc(-c3ccc4c(c3)OCCO4)c2C)cc(OCc2cccc(C#N)c2)c1CNC(CO)(CO)CO. The standard InChI is InChI=1S/C36H36F2N2O7/c1-23-13-28(16-33(30(23)18-40-35(20-41,21-42)22-43)46-19-26-6-3-5-25(14-26)17-39)47-36(37,38)31-8-4-7-29(24(31)2)27-9-10-32-34(15-27)45-12-11-44-32/h3-10,13-16,40-43H,11-12,18-22H2,1-2H3. The molecule has 0 aliphatic carbocycles. The van der Waals surface area contributed by atoms with Crippen LogP contribution in [-0.2, 0) is 19.3 Å². The van der Waals surface area contributed by atoms with Crippen LogP contribution in [0.1, 0.15) is 33.4 Å². The third-order valence-electron chi connectivity index (χ3n) is 8.15. The molecular weight excluding hydrogens is 610 g/mol. The molecule has 0 amide bonds. The van der Waals surface area contributed by atoms with E-state index < -0.39 is 31.5 Å². The Morgan fingerprint density at radius 1 is 0.894 bits per heavy atom. The molecular formula is C36H36F2N2O7. The summed E-state index contributed by atoms with van der Waals surface area (Å²) in [5.41, 5.74) is 2.09. The molecule has 0 bridgehead atoms. The van der Waals surface area contributed by atoms with Crippen molar-refractivity contribution in [1.82, 2.24) is 5.32 Å². The second kappa shape index (κ2) is 14.4. The van der Waals surface area contributed by atoms with E-state index in [0.717, 1.165) is 0 Å². The number of aryl methyl sites for hydroxylation is 1. The third-order valence-corrected chi connectivity index (χ3v) is 8.15. The van der Waals surface area contributed by atoms with Crippen molar-refractivity contribution in [3.8, 4) is 40.2 Å². The Balaban J connectivity index is 1.46. The number of rotatable bonds is 13. The predicted molar refractivity (Wildman–Crippen MR) is 170 cm³/mol. The first-order chi connectivity index (χ1) is 22.6. The van der Waals surface area contributed by atoms with Gasteiger partial charge in [0, 0.05) is 18.2 Å². The quantitative estimate of drug-likeness (QED) is 0.156. The van der Waals surface area contributed by atoms with Gasteiger partial charge in [-0.25, -0.2) is 0 Å². The number of fused-ring (bicyclic) bond motifs is 1. The van der Waals surface area contributed by atoms with Gasteiger partial charge in [-0.05, 0) is 78.1 Å². The fourth-order valence-corrected chi connectivity index (χ4v) is 5.33. The molecule has 4 aromatic rings. The number of alkyl halides is 2. The third kappa shape index (κ3) is 7.48. The molecule has 47 heavy (non-hydrogen) atoms. The maximum atomic E-state index is 16.0. The minimum Gasteiger partial charge on any atom is -0.488 e. The largest absolute Gasteiger partial charge is 0.488 e. The van der Waals surface area contributed by atoms with Gasteiger partial charge in [0.25, 0.3) is 0 Å². The van der Waals surface area contributed by atoms with Crippen molar-refractivity contribution in [3.05, 3.63) is 106 Å². The molecule has 0 atom stereocenters. The van der Waals surface area contributed by atoms with Crippen molar-refractivity contribution in [1.29, 1.82) is 5.26 Å². The normalized spacial score (nSPS) is 12.8. The lowest BCUT2D eigenvalue weighted by molar-refractivity contribution is -0.185. The van der Waals surface area contributed by atoms with Crippen molar-refractivity contribution in [2.24, 2.45) is 0 Å². The highest BCUT2D eigenvalue weighted by molar-refractivity contribution is 5.71. The van der Waals surface area contributed by atoms with Crippen molar-refractivity contribution >= 4 is 0 Å². The van der Waals surface area contributed by atoms with Crippen molar-refractivity contribution in [3.63, 3.8) is 0 Å². The molecule has 0 aromatic heterocycles. The summed E-state index contributed by atoms with van der Waals surface area (Å²) in [5.74, 6) is 1.20. The Morgan fingerprint density at radius 2 is 1.62 bits per heavy atom. The number of benzene rings is 4. The smallest absolute Gasteiger partial charge is 0.426 e. The summed E-state index contributed by atoms with van der Waals surface area (Å²) < 4.78 is 54.7. The molecule has 0 spiro atoms. The number of hydrogen-bond acceptors (Lipinski definition) is 9. The van der Waals surface area contributed by atoms with Gasteiger partial charge in [0.2, 0.25) is 0 Å². The first-order valence-corrected chi connectivity index (χ1v) is 15.0. The van der Waals surface area contributed by atoms with Crippen LogP contribution in [0.4, 0.5) is 8.78 Å². The Labute approximate surface area is 271 Å². The molecule has 4 aromatic carbocycles. The summed E-state index contributed by atoms with van der Waals surface area (Å²) in [6.07, 6.45) is -3.74. The molecule has 9 nitrogen and oxygen atoms in total. The van der Waals surface area contributed by atoms with Crippen LogP contribution >= 0.6 is 0 Å². The van der Waals surface area contributed by atoms with E-state index in [1.807, 2.05) is 0 Å². The lowest BCUT2D eigenvalue weighted by atomic mass is 9.95. The van der Waals surface area contributed by atoms with Gasteiger partial charge in [-0.2, -0.15) is 14.0 Å². The summed E-state index contributed by atoms with van der Waals surface area (Å²) in [5, 5.41) is 41.6. The van der Waals surface area contributed by atoms with Crippen LogP contribution in [0.2, 0.25) is 0 Å². The second-order valence-electron chi connectivity index (χ2n) is 11.4. The van der Waals surface area contributed by atoms with E-state index in [9.17, 15) is 20.6 Å². The van der Waals surface area contributed by atoms with Gasteiger partial charge < -0.3 is 39.6 Å². The molecule has 0 unspecified atom stereocenters. The van der Waals surface area contributed by atoms with Gasteiger partial charge in [0.05, 0.1) is 42.6 Å². The fourth-order valence-electron chi connectivity index (χ4n) is 5.33. The molecule has 1 heterocycles. The van der Waals surface area contributed by atoms with Gasteiger partial charge in [0.1, 0.15) is 31.3 Å². The second-order valence-corrected chi connectivity index (χ2v) is 11.4. The van der Waals surface area contributed by atoms with Crippen LogP contribution in [0.25, 0.3) is 11.1 Å². The number of halogens is 2. The summed E-state index contributed by atoms with van der Waals surface area (Å²) in [7, 11) is 0. The highest BCUT2D eigenvalue weighted by Gasteiger charge is 2.37. The fraction of sp³-hybridized carbons (Fsp3) is 0.306. The Hall–Kier alpha value is -4.73. The summed E-state index contributed by atoms with van der Waals surface area (Å²) >= 11 is 0. The summed E-state index contributed by atoms with van der Waals surface area (Å²) in [6, 6.07) is 21.6. The molecule has 1 aliphatic rings. The van der Waals surface area contributed by atoms with Gasteiger partial charge >= 0.3 is 6.11 Å². The van der Waals surface area contributed by atoms with E-state index in [1.165, 1.54) is 18.2 Å². The maximum Gasteiger partial charge on any atom is 0.426 e. The predicted octanol–water partition coefficient (Wildman–Crippen LogP) is 5.13. The lowest BCUT2D eigenvalue weighted by Gasteiger charge is -2.30.